The van der Waals surface area contributed by atoms with Gasteiger partial charge in [-0.05, 0) is 60.9 Å². The zero-order chi connectivity index (χ0) is 25.5. The third-order valence-electron chi connectivity index (χ3n) is 8.05. The van der Waals surface area contributed by atoms with Gasteiger partial charge in [0.25, 0.3) is 0 Å². The number of anilines is 2. The Hall–Kier alpha value is -4.30. The summed E-state index contributed by atoms with van der Waals surface area (Å²) in [5.41, 5.74) is 2.57. The van der Waals surface area contributed by atoms with E-state index in [9.17, 15) is 18.8 Å². The lowest BCUT2D eigenvalue weighted by molar-refractivity contribution is -0.130. The minimum absolute atomic E-state index is 0.354. The van der Waals surface area contributed by atoms with Gasteiger partial charge in [-0.3, -0.25) is 19.7 Å². The van der Waals surface area contributed by atoms with Crippen LogP contribution in [0.15, 0.2) is 72.9 Å². The summed E-state index contributed by atoms with van der Waals surface area (Å²) in [5.74, 6) is -3.59. The summed E-state index contributed by atoms with van der Waals surface area (Å²) in [5, 5.41) is 7.22. The number of rotatable bonds is 3. The van der Waals surface area contributed by atoms with Crippen LogP contribution in [0.1, 0.15) is 16.7 Å². The van der Waals surface area contributed by atoms with Gasteiger partial charge in [0.1, 0.15) is 11.4 Å². The molecule has 0 aliphatic carbocycles. The Morgan fingerprint density at radius 3 is 2.65 bits per heavy atom. The molecule has 184 valence electrons. The van der Waals surface area contributed by atoms with E-state index in [1.165, 1.54) is 23.1 Å². The molecular formula is C29H23FN4O3. The Bertz CT molecular complexity index is 1650. The normalized spacial score (nSPS) is 26.3. The zero-order valence-electron chi connectivity index (χ0n) is 19.9. The molecular weight excluding hydrogens is 471 g/mol. The number of aryl methyl sites for hydroxylation is 1. The Kier molecular flexibility index (Phi) is 4.51. The van der Waals surface area contributed by atoms with Crippen LogP contribution in [0.4, 0.5) is 15.8 Å². The van der Waals surface area contributed by atoms with Crippen molar-refractivity contribution in [3.05, 3.63) is 95.4 Å². The molecule has 3 amide bonds. The lowest BCUT2D eigenvalue weighted by Gasteiger charge is -2.29. The topological polar surface area (TPSA) is 94.3 Å². The highest BCUT2D eigenvalue weighted by Gasteiger charge is 2.70. The second-order valence-corrected chi connectivity index (χ2v) is 10.1. The maximum Gasteiger partial charge on any atom is 0.250 e. The molecule has 2 fully saturated rings. The summed E-state index contributed by atoms with van der Waals surface area (Å²) >= 11 is 0. The molecule has 0 saturated carbocycles. The fourth-order valence-electron chi connectivity index (χ4n) is 6.51. The molecule has 8 heteroatoms. The highest BCUT2D eigenvalue weighted by atomic mass is 19.1. The second kappa shape index (κ2) is 7.60. The van der Waals surface area contributed by atoms with Crippen LogP contribution in [0.3, 0.4) is 0 Å². The Labute approximate surface area is 211 Å². The predicted molar refractivity (Wildman–Crippen MR) is 136 cm³/mol. The van der Waals surface area contributed by atoms with Gasteiger partial charge in [0.05, 0.1) is 17.5 Å². The lowest BCUT2D eigenvalue weighted by atomic mass is 9.76. The summed E-state index contributed by atoms with van der Waals surface area (Å²) in [6.07, 6.45) is 2.31. The molecule has 3 aromatic carbocycles. The average Bonchev–Trinajstić information content (AvgIpc) is 3.58. The summed E-state index contributed by atoms with van der Waals surface area (Å²) in [7, 11) is 0. The van der Waals surface area contributed by atoms with Gasteiger partial charge in [0, 0.05) is 34.4 Å². The number of amides is 3. The number of para-hydroxylation sites is 1. The van der Waals surface area contributed by atoms with Gasteiger partial charge in [-0.15, -0.1) is 0 Å². The number of aromatic amines is 1. The number of hydrogen-bond acceptors (Lipinski definition) is 4. The van der Waals surface area contributed by atoms with E-state index in [0.717, 1.165) is 22.0 Å². The highest BCUT2D eigenvalue weighted by Crippen LogP contribution is 2.54. The van der Waals surface area contributed by atoms with Gasteiger partial charge < -0.3 is 10.3 Å². The van der Waals surface area contributed by atoms with Crippen molar-refractivity contribution >= 4 is 40.0 Å². The van der Waals surface area contributed by atoms with Crippen molar-refractivity contribution in [1.29, 1.82) is 0 Å². The first-order chi connectivity index (χ1) is 17.9. The molecule has 37 heavy (non-hydrogen) atoms. The number of halogens is 1. The zero-order valence-corrected chi connectivity index (χ0v) is 19.9. The van der Waals surface area contributed by atoms with Crippen molar-refractivity contribution in [3.63, 3.8) is 0 Å². The quantitative estimate of drug-likeness (QED) is 0.378. The minimum Gasteiger partial charge on any atom is -0.361 e. The van der Waals surface area contributed by atoms with Crippen LogP contribution in [-0.4, -0.2) is 28.7 Å². The van der Waals surface area contributed by atoms with Crippen LogP contribution in [-0.2, 0) is 26.3 Å². The monoisotopic (exact) mass is 494 g/mol. The summed E-state index contributed by atoms with van der Waals surface area (Å²) in [6, 6.07) is 18.6. The summed E-state index contributed by atoms with van der Waals surface area (Å²) in [6.45, 7) is 1.89. The highest BCUT2D eigenvalue weighted by molar-refractivity contribution is 6.25. The number of H-pyrrole nitrogens is 1. The molecule has 0 bridgehead atoms. The number of carbonyl (C=O) groups is 3. The van der Waals surface area contributed by atoms with Gasteiger partial charge in [0.15, 0.2) is 0 Å². The van der Waals surface area contributed by atoms with E-state index in [1.54, 1.807) is 18.2 Å². The molecule has 3 aliphatic rings. The van der Waals surface area contributed by atoms with Gasteiger partial charge in [-0.2, -0.15) is 0 Å². The van der Waals surface area contributed by atoms with Crippen LogP contribution in [0.5, 0.6) is 0 Å². The first-order valence-corrected chi connectivity index (χ1v) is 12.3. The van der Waals surface area contributed by atoms with Crippen LogP contribution < -0.4 is 15.5 Å². The molecule has 4 heterocycles. The molecule has 7 nitrogen and oxygen atoms in total. The maximum absolute atomic E-state index is 14.5. The molecule has 4 aromatic rings. The van der Waals surface area contributed by atoms with Gasteiger partial charge in [-0.1, -0.05) is 30.3 Å². The van der Waals surface area contributed by atoms with E-state index >= 15 is 0 Å². The predicted octanol–water partition coefficient (Wildman–Crippen LogP) is 3.78. The lowest BCUT2D eigenvalue weighted by Crippen LogP contribution is -2.53. The molecule has 3 N–H and O–H groups in total. The Morgan fingerprint density at radius 2 is 1.81 bits per heavy atom. The number of fused-ring (bicyclic) bond motifs is 5. The van der Waals surface area contributed by atoms with Crippen molar-refractivity contribution < 1.29 is 18.8 Å². The Morgan fingerprint density at radius 1 is 0.973 bits per heavy atom. The van der Waals surface area contributed by atoms with E-state index in [4.69, 9.17) is 0 Å². The van der Waals surface area contributed by atoms with Crippen molar-refractivity contribution in [2.24, 2.45) is 11.8 Å². The molecule has 1 spiro atoms. The largest absolute Gasteiger partial charge is 0.361 e. The van der Waals surface area contributed by atoms with E-state index < -0.39 is 41.0 Å². The summed E-state index contributed by atoms with van der Waals surface area (Å²) < 4.78 is 14.5. The van der Waals surface area contributed by atoms with Gasteiger partial charge in [0.2, 0.25) is 17.7 Å². The van der Waals surface area contributed by atoms with Crippen LogP contribution in [0.25, 0.3) is 10.9 Å². The number of hydrogen-bond donors (Lipinski definition) is 3. The number of carbonyl (C=O) groups excluding carboxylic acids is 3. The molecule has 1 aromatic heterocycles. The van der Waals surface area contributed by atoms with E-state index in [1.807, 2.05) is 43.5 Å². The first kappa shape index (κ1) is 21.9. The van der Waals surface area contributed by atoms with Crippen LogP contribution in [0, 0.1) is 24.6 Å². The smallest absolute Gasteiger partial charge is 0.250 e. The third kappa shape index (κ3) is 2.93. The van der Waals surface area contributed by atoms with Crippen molar-refractivity contribution in [1.82, 2.24) is 10.3 Å². The number of imide groups is 1. The number of nitrogens with zero attached hydrogens (tertiary/aromatic N) is 1. The van der Waals surface area contributed by atoms with E-state index in [2.05, 4.69) is 15.6 Å². The number of aromatic nitrogens is 1. The standard InChI is InChI=1S/C29H23FN4O3/c1-15-5-4-6-18(11-15)34-26(35)24-23(12-16-14-31-21-8-3-2-7-19(16)21)33-29(25(24)27(34)36)20-13-17(30)9-10-22(20)32-28(29)37/h2-11,13-14,23-25,31,33H,12H2,1H3,(H,32,37)/t23?,24-,25+,29?/m1/s1. The fourth-order valence-corrected chi connectivity index (χ4v) is 6.51. The van der Waals surface area contributed by atoms with E-state index in [0.29, 0.717) is 23.4 Å². The second-order valence-electron chi connectivity index (χ2n) is 10.1. The third-order valence-corrected chi connectivity index (χ3v) is 8.05. The van der Waals surface area contributed by atoms with Crippen LogP contribution in [0.2, 0.25) is 0 Å². The van der Waals surface area contributed by atoms with Gasteiger partial charge >= 0.3 is 0 Å². The molecule has 3 aliphatic heterocycles. The molecule has 0 radical (unpaired) electrons. The van der Waals surface area contributed by atoms with Crippen molar-refractivity contribution in [3.8, 4) is 0 Å². The number of nitrogens with one attached hydrogen (secondary N) is 3. The SMILES string of the molecule is Cc1cccc(N2C(=O)[C@@H]3C(Cc4c[nH]c5ccccc45)NC4(C(=O)Nc5ccc(F)cc54)[C@@H]3C2=O)c1. The summed E-state index contributed by atoms with van der Waals surface area (Å²) in [4.78, 5) is 46.1. The molecule has 4 atom stereocenters. The van der Waals surface area contributed by atoms with Crippen molar-refractivity contribution in [2.45, 2.75) is 24.9 Å². The molecule has 2 saturated heterocycles. The fraction of sp³-hybridized carbons (Fsp3) is 0.207. The molecule has 7 rings (SSSR count). The maximum atomic E-state index is 14.5. The molecule has 2 unspecified atom stereocenters. The van der Waals surface area contributed by atoms with E-state index in [-0.39, 0.29) is 5.91 Å². The number of benzene rings is 3. The van der Waals surface area contributed by atoms with Crippen LogP contribution >= 0.6 is 0 Å². The van der Waals surface area contributed by atoms with Crippen molar-refractivity contribution in [2.75, 3.05) is 10.2 Å². The van der Waals surface area contributed by atoms with Gasteiger partial charge in [-0.25, -0.2) is 9.29 Å². The minimum atomic E-state index is -1.55. The average molecular weight is 495 g/mol. The Balaban J connectivity index is 1.39. The first-order valence-electron chi connectivity index (χ1n) is 12.3.